The minimum atomic E-state index is -0.697. The van der Waals surface area contributed by atoms with Crippen LogP contribution in [0.2, 0.25) is 5.02 Å². The molecular weight excluding hydrogens is 305 g/mol. The third kappa shape index (κ3) is 5.30. The maximum Gasteiger partial charge on any atom is 0.165 e. The van der Waals surface area contributed by atoms with E-state index in [2.05, 4.69) is 0 Å². The fourth-order valence-electron chi connectivity index (χ4n) is 2.13. The van der Waals surface area contributed by atoms with Gasteiger partial charge in [0, 0.05) is 18.1 Å². The van der Waals surface area contributed by atoms with E-state index in [9.17, 15) is 9.50 Å². The molecule has 0 radical (unpaired) electrons. The fraction of sp³-hybridized carbons (Fsp3) is 0.294. The molecular formula is C17H19ClFNO2. The van der Waals surface area contributed by atoms with Crippen molar-refractivity contribution < 1.29 is 14.2 Å². The van der Waals surface area contributed by atoms with E-state index < -0.39 is 11.9 Å². The molecule has 0 heterocycles. The molecule has 2 aromatic rings. The highest BCUT2D eigenvalue weighted by atomic mass is 35.5. The van der Waals surface area contributed by atoms with Gasteiger partial charge in [0.05, 0.1) is 0 Å². The predicted molar refractivity (Wildman–Crippen MR) is 85.7 cm³/mol. The van der Waals surface area contributed by atoms with E-state index in [4.69, 9.17) is 16.3 Å². The van der Waals surface area contributed by atoms with Crippen LogP contribution in [0.25, 0.3) is 0 Å². The lowest BCUT2D eigenvalue weighted by Gasteiger charge is -2.21. The van der Waals surface area contributed by atoms with Gasteiger partial charge in [-0.15, -0.1) is 0 Å². The Kier molecular flexibility index (Phi) is 6.19. The van der Waals surface area contributed by atoms with E-state index in [-0.39, 0.29) is 12.4 Å². The first-order valence-electron chi connectivity index (χ1n) is 7.03. The highest BCUT2D eigenvalue weighted by Gasteiger charge is 2.11. The molecule has 0 saturated carbocycles. The van der Waals surface area contributed by atoms with Crippen LogP contribution in [0.4, 0.5) is 4.39 Å². The number of hydrogen-bond acceptors (Lipinski definition) is 3. The molecule has 1 N–H and O–H groups in total. The number of halogens is 2. The summed E-state index contributed by atoms with van der Waals surface area (Å²) in [6.07, 6.45) is -0.697. The number of aliphatic hydroxyl groups is 1. The molecule has 2 aromatic carbocycles. The van der Waals surface area contributed by atoms with Crippen LogP contribution in [0.1, 0.15) is 5.56 Å². The summed E-state index contributed by atoms with van der Waals surface area (Å²) in [5.41, 5.74) is 1.11. The minimum Gasteiger partial charge on any atom is -0.488 e. The van der Waals surface area contributed by atoms with Crippen LogP contribution in [0.5, 0.6) is 5.75 Å². The summed E-state index contributed by atoms with van der Waals surface area (Å²) < 4.78 is 18.7. The van der Waals surface area contributed by atoms with Gasteiger partial charge in [-0.25, -0.2) is 4.39 Å². The molecule has 5 heteroatoms. The summed E-state index contributed by atoms with van der Waals surface area (Å²) in [4.78, 5) is 1.97. The van der Waals surface area contributed by atoms with Crippen molar-refractivity contribution in [3.63, 3.8) is 0 Å². The summed E-state index contributed by atoms with van der Waals surface area (Å²) in [6, 6.07) is 13.7. The summed E-state index contributed by atoms with van der Waals surface area (Å²) in [6.45, 7) is 1.16. The first kappa shape index (κ1) is 16.7. The van der Waals surface area contributed by atoms with E-state index in [1.807, 2.05) is 36.2 Å². The van der Waals surface area contributed by atoms with Gasteiger partial charge in [-0.05, 0) is 36.9 Å². The van der Waals surface area contributed by atoms with Gasteiger partial charge in [0.2, 0.25) is 0 Å². The molecule has 1 unspecified atom stereocenters. The highest BCUT2D eigenvalue weighted by Crippen LogP contribution is 2.16. The van der Waals surface area contributed by atoms with E-state index in [1.165, 1.54) is 6.07 Å². The van der Waals surface area contributed by atoms with E-state index in [1.54, 1.807) is 18.2 Å². The monoisotopic (exact) mass is 323 g/mol. The van der Waals surface area contributed by atoms with Crippen molar-refractivity contribution in [1.29, 1.82) is 0 Å². The van der Waals surface area contributed by atoms with Gasteiger partial charge >= 0.3 is 0 Å². The third-order valence-electron chi connectivity index (χ3n) is 3.16. The second kappa shape index (κ2) is 8.13. The highest BCUT2D eigenvalue weighted by molar-refractivity contribution is 6.30. The molecule has 0 aliphatic rings. The van der Waals surface area contributed by atoms with Gasteiger partial charge in [0.25, 0.3) is 0 Å². The zero-order chi connectivity index (χ0) is 15.9. The second-order valence-corrected chi connectivity index (χ2v) is 5.65. The molecule has 118 valence electrons. The van der Waals surface area contributed by atoms with Crippen molar-refractivity contribution >= 4 is 11.6 Å². The van der Waals surface area contributed by atoms with Crippen LogP contribution >= 0.6 is 11.6 Å². The topological polar surface area (TPSA) is 32.7 Å². The van der Waals surface area contributed by atoms with E-state index >= 15 is 0 Å². The minimum absolute atomic E-state index is 0.0475. The molecule has 22 heavy (non-hydrogen) atoms. The molecule has 0 bridgehead atoms. The summed E-state index contributed by atoms with van der Waals surface area (Å²) in [5.74, 6) is -0.272. The standard InChI is InChI=1S/C17H19ClFNO2/c1-20(10-13-6-8-14(18)9-7-13)11-15(21)12-22-17-5-3-2-4-16(17)19/h2-9,15,21H,10-12H2,1H3. The van der Waals surface area contributed by atoms with Crippen LogP contribution in [-0.2, 0) is 6.54 Å². The predicted octanol–water partition coefficient (Wildman–Crippen LogP) is 3.35. The Labute approximate surface area is 134 Å². The Hall–Kier alpha value is -1.62. The molecule has 0 saturated heterocycles. The van der Waals surface area contributed by atoms with Crippen molar-refractivity contribution in [2.75, 3.05) is 20.2 Å². The zero-order valence-corrected chi connectivity index (χ0v) is 13.1. The van der Waals surface area contributed by atoms with Crippen LogP contribution in [0.3, 0.4) is 0 Å². The lowest BCUT2D eigenvalue weighted by molar-refractivity contribution is 0.0728. The Morgan fingerprint density at radius 3 is 2.55 bits per heavy atom. The maximum absolute atomic E-state index is 13.4. The second-order valence-electron chi connectivity index (χ2n) is 5.22. The molecule has 2 rings (SSSR count). The largest absolute Gasteiger partial charge is 0.488 e. The average molecular weight is 324 g/mol. The Morgan fingerprint density at radius 2 is 1.86 bits per heavy atom. The number of rotatable bonds is 7. The number of hydrogen-bond donors (Lipinski definition) is 1. The Bertz CT molecular complexity index is 591. The molecule has 0 aromatic heterocycles. The molecule has 0 fully saturated rings. The summed E-state index contributed by atoms with van der Waals surface area (Å²) >= 11 is 5.84. The number of ether oxygens (including phenoxy) is 1. The van der Waals surface area contributed by atoms with Crippen molar-refractivity contribution in [3.8, 4) is 5.75 Å². The Balaban J connectivity index is 1.77. The fourth-order valence-corrected chi connectivity index (χ4v) is 2.25. The number of likely N-dealkylation sites (N-methyl/N-ethyl adjacent to an activating group) is 1. The molecule has 0 amide bonds. The van der Waals surface area contributed by atoms with Gasteiger partial charge in [-0.3, -0.25) is 4.90 Å². The summed E-state index contributed by atoms with van der Waals surface area (Å²) in [7, 11) is 1.90. The third-order valence-corrected chi connectivity index (χ3v) is 3.41. The Morgan fingerprint density at radius 1 is 1.18 bits per heavy atom. The first-order chi connectivity index (χ1) is 10.5. The van der Waals surface area contributed by atoms with Crippen molar-refractivity contribution in [1.82, 2.24) is 4.90 Å². The number of aliphatic hydroxyl groups excluding tert-OH is 1. The van der Waals surface area contributed by atoms with Gasteiger partial charge in [-0.2, -0.15) is 0 Å². The lowest BCUT2D eigenvalue weighted by Crippen LogP contribution is -2.32. The van der Waals surface area contributed by atoms with Gasteiger partial charge < -0.3 is 9.84 Å². The van der Waals surface area contributed by atoms with Gasteiger partial charge in [0.1, 0.15) is 12.7 Å². The molecule has 0 aliphatic carbocycles. The lowest BCUT2D eigenvalue weighted by atomic mass is 10.2. The van der Waals surface area contributed by atoms with Crippen molar-refractivity contribution in [3.05, 3.63) is 64.9 Å². The van der Waals surface area contributed by atoms with Crippen LogP contribution < -0.4 is 4.74 Å². The first-order valence-corrected chi connectivity index (χ1v) is 7.41. The van der Waals surface area contributed by atoms with E-state index in [0.717, 1.165) is 5.56 Å². The molecule has 0 aliphatic heterocycles. The molecule has 0 spiro atoms. The average Bonchev–Trinajstić information content (AvgIpc) is 2.49. The molecule has 1 atom stereocenters. The van der Waals surface area contributed by atoms with Crippen LogP contribution in [0.15, 0.2) is 48.5 Å². The summed E-state index contributed by atoms with van der Waals surface area (Å²) in [5, 5.41) is 10.7. The quantitative estimate of drug-likeness (QED) is 0.848. The van der Waals surface area contributed by atoms with Gasteiger partial charge in [-0.1, -0.05) is 35.9 Å². The zero-order valence-electron chi connectivity index (χ0n) is 12.4. The number of para-hydroxylation sites is 1. The normalized spacial score (nSPS) is 12.4. The number of benzene rings is 2. The van der Waals surface area contributed by atoms with Crippen molar-refractivity contribution in [2.45, 2.75) is 12.6 Å². The van der Waals surface area contributed by atoms with E-state index in [0.29, 0.717) is 18.1 Å². The maximum atomic E-state index is 13.4. The number of nitrogens with zero attached hydrogens (tertiary/aromatic N) is 1. The van der Waals surface area contributed by atoms with Crippen molar-refractivity contribution in [2.24, 2.45) is 0 Å². The van der Waals surface area contributed by atoms with Crippen LogP contribution in [-0.4, -0.2) is 36.3 Å². The van der Waals surface area contributed by atoms with Crippen LogP contribution in [0, 0.1) is 5.82 Å². The smallest absolute Gasteiger partial charge is 0.165 e. The molecule has 3 nitrogen and oxygen atoms in total. The van der Waals surface area contributed by atoms with Gasteiger partial charge in [0.15, 0.2) is 11.6 Å². The SMILES string of the molecule is CN(Cc1ccc(Cl)cc1)CC(O)COc1ccccc1F.